The van der Waals surface area contributed by atoms with Gasteiger partial charge in [0.15, 0.2) is 0 Å². The summed E-state index contributed by atoms with van der Waals surface area (Å²) in [5.74, 6) is -1.04. The minimum Gasteiger partial charge on any atom is -0.505 e. The average molecular weight is 452 g/mol. The highest BCUT2D eigenvalue weighted by Crippen LogP contribution is 2.36. The summed E-state index contributed by atoms with van der Waals surface area (Å²) in [6.07, 6.45) is 0.840. The maximum Gasteiger partial charge on any atom is 0.333 e. The highest BCUT2D eigenvalue weighted by Gasteiger charge is 2.24. The lowest BCUT2D eigenvalue weighted by atomic mass is 9.84. The molecule has 0 aliphatic rings. The first-order valence-electron chi connectivity index (χ1n) is 10.8. The van der Waals surface area contributed by atoms with Crippen LogP contribution in [0.2, 0.25) is 0 Å². The van der Waals surface area contributed by atoms with Crippen LogP contribution < -0.4 is 0 Å². The number of aryl methyl sites for hydroxylation is 1. The van der Waals surface area contributed by atoms with Gasteiger partial charge in [-0.2, -0.15) is 0 Å². The van der Waals surface area contributed by atoms with Crippen LogP contribution in [0.1, 0.15) is 51.7 Å². The predicted molar refractivity (Wildman–Crippen MR) is 124 cm³/mol. The van der Waals surface area contributed by atoms with Crippen molar-refractivity contribution in [1.29, 1.82) is 0 Å². The summed E-state index contributed by atoms with van der Waals surface area (Å²) >= 11 is 0. The zero-order valence-electron chi connectivity index (χ0n) is 19.4. The number of benzene rings is 2. The maximum atomic E-state index is 12.4. The van der Waals surface area contributed by atoms with Crippen molar-refractivity contribution in [2.45, 2.75) is 58.7 Å². The smallest absolute Gasteiger partial charge is 0.333 e. The van der Waals surface area contributed by atoms with Crippen LogP contribution in [0.5, 0.6) is 5.75 Å². The Bertz CT molecular complexity index is 1140. The molecule has 0 fully saturated rings. The first-order chi connectivity index (χ1) is 15.6. The van der Waals surface area contributed by atoms with Crippen molar-refractivity contribution in [1.82, 2.24) is 15.0 Å². The number of phenolic OH excluding ortho intramolecular Hbond substituents is 1. The quantitative estimate of drug-likeness (QED) is 0.308. The fourth-order valence-corrected chi connectivity index (χ4v) is 3.33. The first-order valence-corrected chi connectivity index (χ1v) is 10.8. The van der Waals surface area contributed by atoms with E-state index >= 15 is 0 Å². The lowest BCUT2D eigenvalue weighted by Gasteiger charge is -2.23. The van der Waals surface area contributed by atoms with E-state index in [1.54, 1.807) is 13.0 Å². The van der Waals surface area contributed by atoms with E-state index in [1.165, 1.54) is 4.80 Å². The summed E-state index contributed by atoms with van der Waals surface area (Å²) in [4.78, 5) is 25.1. The van der Waals surface area contributed by atoms with E-state index in [-0.39, 0.29) is 17.6 Å². The van der Waals surface area contributed by atoms with Gasteiger partial charge in [-0.05, 0) is 35.6 Å². The van der Waals surface area contributed by atoms with Crippen molar-refractivity contribution in [3.8, 4) is 11.4 Å². The van der Waals surface area contributed by atoms with Crippen LogP contribution in [0.25, 0.3) is 16.7 Å². The van der Waals surface area contributed by atoms with Crippen molar-refractivity contribution in [3.05, 3.63) is 60.2 Å². The van der Waals surface area contributed by atoms with Gasteiger partial charge >= 0.3 is 11.9 Å². The minimum absolute atomic E-state index is 0.0739. The Labute approximate surface area is 192 Å². The van der Waals surface area contributed by atoms with Crippen molar-refractivity contribution in [3.63, 3.8) is 0 Å². The third kappa shape index (κ3) is 5.77. The van der Waals surface area contributed by atoms with Crippen molar-refractivity contribution >= 4 is 23.0 Å². The minimum atomic E-state index is -0.954. The summed E-state index contributed by atoms with van der Waals surface area (Å²) in [6.45, 7) is 11.1. The number of esters is 2. The molecule has 1 N–H and O–H groups in total. The normalized spacial score (nSPS) is 12.4. The van der Waals surface area contributed by atoms with Crippen LogP contribution in [0.4, 0.5) is 0 Å². The van der Waals surface area contributed by atoms with Crippen LogP contribution >= 0.6 is 0 Å². The topological polar surface area (TPSA) is 104 Å². The molecule has 0 aliphatic carbocycles. The van der Waals surface area contributed by atoms with Gasteiger partial charge in [0.05, 0.1) is 0 Å². The number of hydrogen-bond acceptors (Lipinski definition) is 7. The molecule has 1 unspecified atom stereocenters. The Morgan fingerprint density at radius 2 is 1.79 bits per heavy atom. The standard InChI is InChI=1S/C25H29N3O5/c1-6-21(29)32-23(7-2)33-22(30)13-12-16-14-17(25(3,4)5)24(31)20(15-16)28-26-18-10-8-9-11-19(18)27-28/h6,8-11,14-15,23,31H,1,7,12-13H2,2-5H3. The van der Waals surface area contributed by atoms with Gasteiger partial charge in [0.2, 0.25) is 6.29 Å². The van der Waals surface area contributed by atoms with Crippen LogP contribution in [-0.4, -0.2) is 38.3 Å². The van der Waals surface area contributed by atoms with E-state index in [0.717, 1.165) is 17.2 Å². The molecule has 33 heavy (non-hydrogen) atoms. The number of aromatic nitrogens is 3. The molecule has 8 nitrogen and oxygen atoms in total. The third-order valence-electron chi connectivity index (χ3n) is 5.09. The van der Waals surface area contributed by atoms with Gasteiger partial charge in [-0.3, -0.25) is 4.79 Å². The average Bonchev–Trinajstić information content (AvgIpc) is 3.20. The van der Waals surface area contributed by atoms with E-state index in [9.17, 15) is 14.7 Å². The summed E-state index contributed by atoms with van der Waals surface area (Å²) < 4.78 is 10.3. The Hall–Kier alpha value is -3.68. The van der Waals surface area contributed by atoms with E-state index in [2.05, 4.69) is 16.8 Å². The number of fused-ring (bicyclic) bond motifs is 1. The number of hydrogen-bond donors (Lipinski definition) is 1. The summed E-state index contributed by atoms with van der Waals surface area (Å²) in [7, 11) is 0. The van der Waals surface area contributed by atoms with Crippen molar-refractivity contribution in [2.75, 3.05) is 0 Å². The number of ether oxygens (including phenoxy) is 2. The summed E-state index contributed by atoms with van der Waals surface area (Å²) in [5, 5.41) is 20.0. The first kappa shape index (κ1) is 24.0. The largest absolute Gasteiger partial charge is 0.505 e. The fraction of sp³-hybridized carbons (Fsp3) is 0.360. The highest BCUT2D eigenvalue weighted by molar-refractivity contribution is 5.81. The second-order valence-corrected chi connectivity index (χ2v) is 8.71. The maximum absolute atomic E-state index is 12.4. The van der Waals surface area contributed by atoms with Crippen LogP contribution in [-0.2, 0) is 30.9 Å². The van der Waals surface area contributed by atoms with Crippen LogP contribution in [0.15, 0.2) is 49.1 Å². The number of carbonyl (C=O) groups is 2. The number of rotatable bonds is 8. The van der Waals surface area contributed by atoms with Gasteiger partial charge in [-0.15, -0.1) is 15.0 Å². The molecule has 0 amide bonds. The number of aromatic hydroxyl groups is 1. The molecule has 1 atom stereocenters. The molecule has 8 heteroatoms. The molecule has 0 bridgehead atoms. The molecule has 2 aromatic carbocycles. The molecule has 3 rings (SSSR count). The third-order valence-corrected chi connectivity index (χ3v) is 5.09. The molecule has 174 valence electrons. The molecular weight excluding hydrogens is 422 g/mol. The molecule has 0 aliphatic heterocycles. The van der Waals surface area contributed by atoms with E-state index in [0.29, 0.717) is 29.6 Å². The SMILES string of the molecule is C=CC(=O)OC(CC)OC(=O)CCc1cc(-n2nc3ccccc3n2)c(O)c(C(C)(C)C)c1. The molecule has 1 heterocycles. The second-order valence-electron chi connectivity index (χ2n) is 8.71. The number of phenols is 1. The van der Waals surface area contributed by atoms with E-state index in [4.69, 9.17) is 9.47 Å². The zero-order chi connectivity index (χ0) is 24.2. The molecule has 0 spiro atoms. The lowest BCUT2D eigenvalue weighted by Crippen LogP contribution is -2.23. The molecule has 0 radical (unpaired) electrons. The van der Waals surface area contributed by atoms with Crippen LogP contribution in [0.3, 0.4) is 0 Å². The Kier molecular flexibility index (Phi) is 7.16. The van der Waals surface area contributed by atoms with Crippen LogP contribution in [0, 0.1) is 0 Å². The lowest BCUT2D eigenvalue weighted by molar-refractivity contribution is -0.184. The fourth-order valence-electron chi connectivity index (χ4n) is 3.33. The van der Waals surface area contributed by atoms with Gasteiger partial charge in [-0.1, -0.05) is 52.5 Å². The van der Waals surface area contributed by atoms with Gasteiger partial charge in [0.1, 0.15) is 22.5 Å². The molecule has 0 saturated heterocycles. The van der Waals surface area contributed by atoms with Gasteiger partial charge in [-0.25, -0.2) is 4.79 Å². The van der Waals surface area contributed by atoms with Crippen molar-refractivity contribution in [2.24, 2.45) is 0 Å². The molecule has 3 aromatic rings. The summed E-state index contributed by atoms with van der Waals surface area (Å²) in [6, 6.07) is 11.1. The van der Waals surface area contributed by atoms with E-state index < -0.39 is 18.2 Å². The highest BCUT2D eigenvalue weighted by atomic mass is 16.7. The molecule has 0 saturated carbocycles. The Morgan fingerprint density at radius 1 is 1.15 bits per heavy atom. The van der Waals surface area contributed by atoms with Gasteiger partial charge in [0, 0.05) is 24.5 Å². The number of carbonyl (C=O) groups excluding carboxylic acids is 2. The Morgan fingerprint density at radius 3 is 2.33 bits per heavy atom. The predicted octanol–water partition coefficient (Wildman–Crippen LogP) is 4.36. The number of nitrogens with zero attached hydrogens (tertiary/aromatic N) is 3. The second kappa shape index (κ2) is 9.85. The Balaban J connectivity index is 1.86. The van der Waals surface area contributed by atoms with Gasteiger partial charge in [0.25, 0.3) is 0 Å². The van der Waals surface area contributed by atoms with E-state index in [1.807, 2.05) is 51.1 Å². The summed E-state index contributed by atoms with van der Waals surface area (Å²) in [5.41, 5.74) is 3.05. The molecular formula is C25H29N3O5. The van der Waals surface area contributed by atoms with Gasteiger partial charge < -0.3 is 14.6 Å². The van der Waals surface area contributed by atoms with Crippen molar-refractivity contribution < 1.29 is 24.2 Å². The molecule has 1 aromatic heterocycles. The monoisotopic (exact) mass is 451 g/mol. The zero-order valence-corrected chi connectivity index (χ0v) is 19.4.